The topological polar surface area (TPSA) is 52.0 Å². The van der Waals surface area contributed by atoms with Crippen LogP contribution in [0, 0.1) is 6.92 Å². The zero-order valence-electron chi connectivity index (χ0n) is 10.5. The van der Waals surface area contributed by atoms with Crippen LogP contribution >= 0.6 is 12.4 Å². The largest absolute Gasteiger partial charge is 0.399 e. The minimum atomic E-state index is 0. The van der Waals surface area contributed by atoms with Gasteiger partial charge in [-0.05, 0) is 29.7 Å². The number of anilines is 1. The average Bonchev–Trinajstić information content (AvgIpc) is 2.36. The monoisotopic (exact) mass is 262 g/mol. The molecule has 0 saturated carbocycles. The number of benzene rings is 2. The lowest BCUT2D eigenvalue weighted by Gasteiger charge is -2.17. The van der Waals surface area contributed by atoms with Crippen molar-refractivity contribution >= 4 is 18.1 Å². The summed E-state index contributed by atoms with van der Waals surface area (Å²) in [6.07, 6.45) is 0. The Morgan fingerprint density at radius 2 is 1.67 bits per heavy atom. The van der Waals surface area contributed by atoms with Gasteiger partial charge in [0.15, 0.2) is 0 Å². The summed E-state index contributed by atoms with van der Waals surface area (Å²) in [4.78, 5) is 0. The molecule has 1 atom stereocenters. The van der Waals surface area contributed by atoms with Crippen LogP contribution in [0.2, 0.25) is 0 Å². The predicted octanol–water partition coefficient (Wildman–Crippen LogP) is 3.09. The van der Waals surface area contributed by atoms with Crippen LogP contribution in [0.15, 0.2) is 48.5 Å². The van der Waals surface area contributed by atoms with Crippen molar-refractivity contribution in [1.29, 1.82) is 0 Å². The third kappa shape index (κ3) is 3.03. The first-order chi connectivity index (χ1) is 8.22. The molecule has 18 heavy (non-hydrogen) atoms. The molecule has 3 heteroatoms. The van der Waals surface area contributed by atoms with E-state index in [1.165, 1.54) is 11.1 Å². The number of aryl methyl sites for hydroxylation is 1. The fourth-order valence-corrected chi connectivity index (χ4v) is 2.07. The van der Waals surface area contributed by atoms with E-state index in [0.717, 1.165) is 11.3 Å². The molecule has 0 aliphatic heterocycles. The maximum Gasteiger partial charge on any atom is 0.0343 e. The Bertz CT molecular complexity index is 497. The second kappa shape index (κ2) is 6.43. The van der Waals surface area contributed by atoms with Crippen LogP contribution in [-0.4, -0.2) is 6.54 Å². The standard InChI is InChI=1S/C15H18N2.ClH/c1-11-9-13(7-8-15(11)17)14(10-16)12-5-3-2-4-6-12;/h2-9,14H,10,16-17H2,1H3;1H. The zero-order valence-corrected chi connectivity index (χ0v) is 11.3. The van der Waals surface area contributed by atoms with Crippen LogP contribution in [-0.2, 0) is 0 Å². The number of hydrogen-bond donors (Lipinski definition) is 2. The van der Waals surface area contributed by atoms with Crippen molar-refractivity contribution in [2.75, 3.05) is 12.3 Å². The van der Waals surface area contributed by atoms with Crippen LogP contribution in [0.3, 0.4) is 0 Å². The minimum absolute atomic E-state index is 0. The van der Waals surface area contributed by atoms with Gasteiger partial charge in [0, 0.05) is 18.2 Å². The Morgan fingerprint density at radius 1 is 1.00 bits per heavy atom. The van der Waals surface area contributed by atoms with E-state index in [9.17, 15) is 0 Å². The zero-order chi connectivity index (χ0) is 12.3. The molecule has 2 aromatic rings. The first-order valence-electron chi connectivity index (χ1n) is 5.83. The van der Waals surface area contributed by atoms with Gasteiger partial charge in [0.25, 0.3) is 0 Å². The van der Waals surface area contributed by atoms with E-state index in [-0.39, 0.29) is 18.3 Å². The summed E-state index contributed by atoms with van der Waals surface area (Å²) in [5.74, 6) is 0.246. The van der Waals surface area contributed by atoms with Crippen molar-refractivity contribution in [3.63, 3.8) is 0 Å². The van der Waals surface area contributed by atoms with Crippen molar-refractivity contribution in [1.82, 2.24) is 0 Å². The van der Waals surface area contributed by atoms with Gasteiger partial charge in [0.05, 0.1) is 0 Å². The summed E-state index contributed by atoms with van der Waals surface area (Å²) in [6.45, 7) is 2.63. The van der Waals surface area contributed by atoms with Crippen LogP contribution in [0.4, 0.5) is 5.69 Å². The predicted molar refractivity (Wildman–Crippen MR) is 80.2 cm³/mol. The van der Waals surface area contributed by atoms with Crippen LogP contribution in [0.1, 0.15) is 22.6 Å². The molecule has 96 valence electrons. The smallest absolute Gasteiger partial charge is 0.0343 e. The molecule has 0 aliphatic rings. The molecule has 0 saturated heterocycles. The molecular formula is C15H19ClN2. The highest BCUT2D eigenvalue weighted by Crippen LogP contribution is 2.25. The van der Waals surface area contributed by atoms with E-state index in [1.807, 2.05) is 31.2 Å². The Labute approximate surface area is 114 Å². The lowest BCUT2D eigenvalue weighted by atomic mass is 9.90. The molecule has 0 amide bonds. The summed E-state index contributed by atoms with van der Waals surface area (Å²) >= 11 is 0. The van der Waals surface area contributed by atoms with Gasteiger partial charge in [0.1, 0.15) is 0 Å². The Kier molecular flexibility index (Phi) is 5.20. The van der Waals surface area contributed by atoms with Gasteiger partial charge in [-0.25, -0.2) is 0 Å². The Balaban J connectivity index is 0.00000162. The van der Waals surface area contributed by atoms with Gasteiger partial charge in [-0.2, -0.15) is 0 Å². The number of nitrogens with two attached hydrogens (primary N) is 2. The van der Waals surface area contributed by atoms with E-state index in [1.54, 1.807) is 0 Å². The van der Waals surface area contributed by atoms with Crippen molar-refractivity contribution in [3.05, 3.63) is 65.2 Å². The summed E-state index contributed by atoms with van der Waals surface area (Å²) in [6, 6.07) is 16.5. The lowest BCUT2D eigenvalue weighted by molar-refractivity contribution is 0.818. The molecule has 0 aliphatic carbocycles. The summed E-state index contributed by atoms with van der Waals surface area (Å²) < 4.78 is 0. The summed E-state index contributed by atoms with van der Waals surface area (Å²) in [5.41, 5.74) is 16.1. The van der Waals surface area contributed by atoms with Gasteiger partial charge in [-0.3, -0.25) is 0 Å². The molecule has 2 nitrogen and oxygen atoms in total. The molecular weight excluding hydrogens is 244 g/mol. The molecule has 0 radical (unpaired) electrons. The number of halogens is 1. The Hall–Kier alpha value is -1.51. The molecule has 0 spiro atoms. The highest BCUT2D eigenvalue weighted by molar-refractivity contribution is 5.85. The second-order valence-electron chi connectivity index (χ2n) is 4.31. The lowest BCUT2D eigenvalue weighted by Crippen LogP contribution is -2.14. The fraction of sp³-hybridized carbons (Fsp3) is 0.200. The number of nitrogen functional groups attached to an aromatic ring is 1. The highest BCUT2D eigenvalue weighted by atomic mass is 35.5. The van der Waals surface area contributed by atoms with Crippen LogP contribution < -0.4 is 11.5 Å². The molecule has 4 N–H and O–H groups in total. The first-order valence-corrected chi connectivity index (χ1v) is 5.83. The van der Waals surface area contributed by atoms with Gasteiger partial charge in [-0.1, -0.05) is 42.5 Å². The van der Waals surface area contributed by atoms with E-state index in [2.05, 4.69) is 24.3 Å². The fourth-order valence-electron chi connectivity index (χ4n) is 2.07. The summed E-state index contributed by atoms with van der Waals surface area (Å²) in [7, 11) is 0. The van der Waals surface area contributed by atoms with Gasteiger partial charge >= 0.3 is 0 Å². The highest BCUT2D eigenvalue weighted by Gasteiger charge is 2.12. The van der Waals surface area contributed by atoms with Crippen LogP contribution in [0.25, 0.3) is 0 Å². The molecule has 2 aromatic carbocycles. The van der Waals surface area contributed by atoms with Crippen molar-refractivity contribution in [2.24, 2.45) is 5.73 Å². The number of hydrogen-bond acceptors (Lipinski definition) is 2. The van der Waals surface area contributed by atoms with Crippen LogP contribution in [0.5, 0.6) is 0 Å². The SMILES string of the molecule is Cc1cc(C(CN)c2ccccc2)ccc1N.Cl. The molecule has 0 heterocycles. The maximum atomic E-state index is 5.89. The third-order valence-electron chi connectivity index (χ3n) is 3.13. The molecule has 1 unspecified atom stereocenters. The quantitative estimate of drug-likeness (QED) is 0.836. The van der Waals surface area contributed by atoms with E-state index in [4.69, 9.17) is 11.5 Å². The van der Waals surface area contributed by atoms with Gasteiger partial charge in [0.2, 0.25) is 0 Å². The number of rotatable bonds is 3. The summed E-state index contributed by atoms with van der Waals surface area (Å²) in [5, 5.41) is 0. The van der Waals surface area contributed by atoms with Gasteiger partial charge < -0.3 is 11.5 Å². The third-order valence-corrected chi connectivity index (χ3v) is 3.13. The van der Waals surface area contributed by atoms with Crippen molar-refractivity contribution in [2.45, 2.75) is 12.8 Å². The second-order valence-corrected chi connectivity index (χ2v) is 4.31. The average molecular weight is 263 g/mol. The molecule has 2 rings (SSSR count). The molecule has 0 fully saturated rings. The van der Waals surface area contributed by atoms with Gasteiger partial charge in [-0.15, -0.1) is 12.4 Å². The molecule has 0 aromatic heterocycles. The normalized spacial score (nSPS) is 11.7. The van der Waals surface area contributed by atoms with E-state index < -0.39 is 0 Å². The molecule has 0 bridgehead atoms. The van der Waals surface area contributed by atoms with E-state index in [0.29, 0.717) is 6.54 Å². The van der Waals surface area contributed by atoms with Crippen molar-refractivity contribution in [3.8, 4) is 0 Å². The Morgan fingerprint density at radius 3 is 2.22 bits per heavy atom. The minimum Gasteiger partial charge on any atom is -0.399 e. The first kappa shape index (κ1) is 14.6. The van der Waals surface area contributed by atoms with E-state index >= 15 is 0 Å². The van der Waals surface area contributed by atoms with Crippen molar-refractivity contribution < 1.29 is 0 Å². The maximum absolute atomic E-state index is 5.89.